The fraction of sp³-hybridized carbons (Fsp3) is 0.125. The molecule has 20 heavy (non-hydrogen) atoms. The zero-order valence-corrected chi connectivity index (χ0v) is 14.6. The molecule has 1 atom stereocenters. The van der Waals surface area contributed by atoms with Crippen molar-refractivity contribution in [3.63, 3.8) is 0 Å². The van der Waals surface area contributed by atoms with E-state index in [2.05, 4.69) is 43.3 Å². The molecule has 1 unspecified atom stereocenters. The third kappa shape index (κ3) is 2.45. The minimum Gasteiger partial charge on any atom is -0.207 e. The minimum atomic E-state index is -0.160. The van der Waals surface area contributed by atoms with Gasteiger partial charge in [0.05, 0.1) is 4.83 Å². The van der Waals surface area contributed by atoms with E-state index < -0.39 is 0 Å². The highest BCUT2D eigenvalue weighted by molar-refractivity contribution is 9.10. The first-order valence-corrected chi connectivity index (χ1v) is 8.72. The van der Waals surface area contributed by atoms with Crippen LogP contribution in [0.5, 0.6) is 0 Å². The van der Waals surface area contributed by atoms with E-state index in [0.717, 1.165) is 10.0 Å². The monoisotopic (exact) mass is 412 g/mol. The van der Waals surface area contributed by atoms with E-state index in [-0.39, 0.29) is 10.6 Å². The summed E-state index contributed by atoms with van der Waals surface area (Å²) in [5.74, 6) is -0.160. The van der Waals surface area contributed by atoms with Crippen LogP contribution in [0.25, 0.3) is 10.1 Å². The second-order valence-electron chi connectivity index (χ2n) is 4.68. The Labute approximate surface area is 137 Å². The van der Waals surface area contributed by atoms with Crippen molar-refractivity contribution in [2.75, 3.05) is 0 Å². The second kappa shape index (κ2) is 5.58. The Balaban J connectivity index is 2.10. The van der Waals surface area contributed by atoms with Gasteiger partial charge in [-0.15, -0.1) is 11.3 Å². The third-order valence-electron chi connectivity index (χ3n) is 3.34. The lowest BCUT2D eigenvalue weighted by atomic mass is 10.0. The summed E-state index contributed by atoms with van der Waals surface area (Å²) >= 11 is 8.97. The minimum absolute atomic E-state index is 0.000602. The lowest BCUT2D eigenvalue weighted by molar-refractivity contribution is 0.616. The van der Waals surface area contributed by atoms with Crippen LogP contribution in [0.3, 0.4) is 0 Å². The molecule has 0 amide bonds. The molecule has 0 saturated carbocycles. The number of rotatable bonds is 2. The van der Waals surface area contributed by atoms with Gasteiger partial charge in [0.2, 0.25) is 0 Å². The highest BCUT2D eigenvalue weighted by Gasteiger charge is 2.17. The predicted molar refractivity (Wildman–Crippen MR) is 91.4 cm³/mol. The highest BCUT2D eigenvalue weighted by atomic mass is 79.9. The summed E-state index contributed by atoms with van der Waals surface area (Å²) in [6.45, 7) is 1.78. The summed E-state index contributed by atoms with van der Waals surface area (Å²) in [7, 11) is 0. The largest absolute Gasteiger partial charge is 0.207 e. The van der Waals surface area contributed by atoms with Crippen molar-refractivity contribution in [3.8, 4) is 0 Å². The van der Waals surface area contributed by atoms with Crippen LogP contribution in [0.15, 0.2) is 46.3 Å². The quantitative estimate of drug-likeness (QED) is 0.415. The van der Waals surface area contributed by atoms with E-state index >= 15 is 0 Å². The molecule has 1 heterocycles. The van der Waals surface area contributed by atoms with Gasteiger partial charge in [0.25, 0.3) is 0 Å². The smallest absolute Gasteiger partial charge is 0.126 e. The Bertz CT molecular complexity index is 779. The number of alkyl halides is 1. The molecule has 0 radical (unpaired) electrons. The standard InChI is InChI=1S/C16H11Br2FS/c1-9-5-6-10(7-14(9)19)15(18)12-8-20-16-11(12)3-2-4-13(16)17/h2-8,15H,1H3. The zero-order chi connectivity index (χ0) is 14.3. The molecule has 2 aromatic carbocycles. The molecule has 102 valence electrons. The summed E-state index contributed by atoms with van der Waals surface area (Å²) in [5.41, 5.74) is 2.79. The number of halogens is 3. The van der Waals surface area contributed by atoms with Gasteiger partial charge in [-0.05, 0) is 62.4 Å². The molecule has 0 aliphatic carbocycles. The van der Waals surface area contributed by atoms with Crippen molar-refractivity contribution in [2.24, 2.45) is 0 Å². The van der Waals surface area contributed by atoms with E-state index in [1.165, 1.54) is 15.6 Å². The van der Waals surface area contributed by atoms with E-state index in [1.807, 2.05) is 24.3 Å². The van der Waals surface area contributed by atoms with Crippen molar-refractivity contribution < 1.29 is 4.39 Å². The lowest BCUT2D eigenvalue weighted by Gasteiger charge is -2.11. The van der Waals surface area contributed by atoms with Crippen molar-refractivity contribution in [1.82, 2.24) is 0 Å². The van der Waals surface area contributed by atoms with Crippen LogP contribution in [0, 0.1) is 12.7 Å². The topological polar surface area (TPSA) is 0 Å². The van der Waals surface area contributed by atoms with Crippen molar-refractivity contribution in [2.45, 2.75) is 11.8 Å². The van der Waals surface area contributed by atoms with Gasteiger partial charge in [0.1, 0.15) is 5.82 Å². The Kier molecular flexibility index (Phi) is 3.98. The maximum atomic E-state index is 13.7. The van der Waals surface area contributed by atoms with Crippen molar-refractivity contribution in [3.05, 3.63) is 68.8 Å². The number of benzene rings is 2. The molecule has 1 aromatic heterocycles. The van der Waals surface area contributed by atoms with Gasteiger partial charge in [-0.3, -0.25) is 0 Å². The highest BCUT2D eigenvalue weighted by Crippen LogP contribution is 2.41. The van der Waals surface area contributed by atoms with Crippen LogP contribution in [0.2, 0.25) is 0 Å². The molecular formula is C16H11Br2FS. The van der Waals surface area contributed by atoms with Gasteiger partial charge < -0.3 is 0 Å². The van der Waals surface area contributed by atoms with Gasteiger partial charge in [0, 0.05) is 9.17 Å². The Hall–Kier alpha value is -0.710. The average Bonchev–Trinajstić information content (AvgIpc) is 2.86. The molecule has 0 N–H and O–H groups in total. The van der Waals surface area contributed by atoms with Gasteiger partial charge in [-0.1, -0.05) is 40.2 Å². The Morgan fingerprint density at radius 1 is 1.20 bits per heavy atom. The molecule has 4 heteroatoms. The fourth-order valence-electron chi connectivity index (χ4n) is 2.18. The maximum Gasteiger partial charge on any atom is 0.126 e. The molecule has 0 spiro atoms. The first kappa shape index (κ1) is 14.2. The first-order chi connectivity index (χ1) is 9.58. The molecule has 0 bridgehead atoms. The van der Waals surface area contributed by atoms with Gasteiger partial charge in [-0.2, -0.15) is 0 Å². The molecule has 0 nitrogen and oxygen atoms in total. The first-order valence-electron chi connectivity index (χ1n) is 6.13. The summed E-state index contributed by atoms with van der Waals surface area (Å²) < 4.78 is 16.1. The number of hydrogen-bond donors (Lipinski definition) is 0. The van der Waals surface area contributed by atoms with Crippen LogP contribution in [0.4, 0.5) is 4.39 Å². The molecule has 0 fully saturated rings. The van der Waals surface area contributed by atoms with Crippen LogP contribution in [-0.2, 0) is 0 Å². The average molecular weight is 414 g/mol. The number of thiophene rings is 1. The lowest BCUT2D eigenvalue weighted by Crippen LogP contribution is -1.94. The van der Waals surface area contributed by atoms with Gasteiger partial charge in [-0.25, -0.2) is 4.39 Å². The van der Waals surface area contributed by atoms with Crippen LogP contribution in [0.1, 0.15) is 21.5 Å². The number of aryl methyl sites for hydroxylation is 1. The van der Waals surface area contributed by atoms with Gasteiger partial charge in [0.15, 0.2) is 0 Å². The molecule has 0 saturated heterocycles. The summed E-state index contributed by atoms with van der Waals surface area (Å²) in [5, 5.41) is 3.33. The summed E-state index contributed by atoms with van der Waals surface area (Å²) in [6.07, 6.45) is 0. The predicted octanol–water partition coefficient (Wildman–Crippen LogP) is 6.60. The van der Waals surface area contributed by atoms with E-state index in [4.69, 9.17) is 0 Å². The summed E-state index contributed by atoms with van der Waals surface area (Å²) in [6, 6.07) is 11.6. The van der Waals surface area contributed by atoms with Crippen LogP contribution < -0.4 is 0 Å². The van der Waals surface area contributed by atoms with Crippen LogP contribution in [-0.4, -0.2) is 0 Å². The number of hydrogen-bond acceptors (Lipinski definition) is 1. The third-order valence-corrected chi connectivity index (χ3v) is 6.34. The molecule has 0 aliphatic rings. The van der Waals surface area contributed by atoms with Crippen LogP contribution >= 0.6 is 43.2 Å². The van der Waals surface area contributed by atoms with Crippen molar-refractivity contribution >= 4 is 53.3 Å². The second-order valence-corrected chi connectivity index (χ2v) is 7.33. The maximum absolute atomic E-state index is 13.7. The zero-order valence-electron chi connectivity index (χ0n) is 10.7. The van der Waals surface area contributed by atoms with E-state index in [9.17, 15) is 4.39 Å². The fourth-order valence-corrected chi connectivity index (χ4v) is 4.67. The summed E-state index contributed by atoms with van der Waals surface area (Å²) in [4.78, 5) is 0.000602. The molecule has 3 rings (SSSR count). The molecule has 0 aliphatic heterocycles. The van der Waals surface area contributed by atoms with Gasteiger partial charge >= 0.3 is 0 Å². The van der Waals surface area contributed by atoms with E-state index in [1.54, 1.807) is 24.3 Å². The molecule has 3 aromatic rings. The molecular weight excluding hydrogens is 403 g/mol. The Morgan fingerprint density at radius 3 is 2.75 bits per heavy atom. The number of fused-ring (bicyclic) bond motifs is 1. The normalized spacial score (nSPS) is 12.8. The van der Waals surface area contributed by atoms with Crippen molar-refractivity contribution in [1.29, 1.82) is 0 Å². The van der Waals surface area contributed by atoms with E-state index in [0.29, 0.717) is 5.56 Å². The Morgan fingerprint density at radius 2 is 2.00 bits per heavy atom. The SMILES string of the molecule is Cc1ccc(C(Br)c2csc3c(Br)cccc23)cc1F.